The summed E-state index contributed by atoms with van der Waals surface area (Å²) in [6.45, 7) is 3.77. The number of rotatable bonds is 1. The molecule has 0 aromatic heterocycles. The average molecular weight is 296 g/mol. The van der Waals surface area contributed by atoms with E-state index >= 15 is 0 Å². The van der Waals surface area contributed by atoms with Crippen LogP contribution in [0, 0.1) is 13.8 Å². The zero-order valence-corrected chi connectivity index (χ0v) is 9.81. The summed E-state index contributed by atoms with van der Waals surface area (Å²) in [5.74, 6) is 0. The third-order valence-corrected chi connectivity index (χ3v) is 3.80. The van der Waals surface area contributed by atoms with Crippen molar-refractivity contribution in [1.82, 2.24) is 0 Å². The van der Waals surface area contributed by atoms with Gasteiger partial charge in [0.1, 0.15) is 0 Å². The smallest absolute Gasteiger partial charge is 0.213 e. The molecule has 1 rings (SSSR count). The van der Waals surface area contributed by atoms with Crippen LogP contribution in [0.15, 0.2) is 23.1 Å². The maximum Gasteiger partial charge on any atom is 0.231 e. The molecule has 0 aliphatic rings. The summed E-state index contributed by atoms with van der Waals surface area (Å²) in [4.78, 5) is 0.389. The predicted molar refractivity (Wildman–Crippen MR) is 57.1 cm³/mol. The topological polar surface area (TPSA) is 34.1 Å². The minimum atomic E-state index is -3.08. The van der Waals surface area contributed by atoms with Crippen molar-refractivity contribution in [2.45, 2.75) is 18.7 Å². The second-order valence-electron chi connectivity index (χ2n) is 2.76. The lowest BCUT2D eigenvalue weighted by atomic mass is 10.2. The second kappa shape index (κ2) is 3.33. The maximum absolute atomic E-state index is 11.1. The van der Waals surface area contributed by atoms with Gasteiger partial charge in [0.15, 0.2) is 0 Å². The van der Waals surface area contributed by atoms with Crippen molar-refractivity contribution in [2.75, 3.05) is 0 Å². The Balaban J connectivity index is 3.37. The van der Waals surface area contributed by atoms with Gasteiger partial charge in [0, 0.05) is 0 Å². The minimum Gasteiger partial charge on any atom is -0.213 e. The van der Waals surface area contributed by atoms with Crippen molar-refractivity contribution in [3.8, 4) is 0 Å². The van der Waals surface area contributed by atoms with Gasteiger partial charge < -0.3 is 0 Å². The van der Waals surface area contributed by atoms with E-state index in [1.807, 2.05) is 19.9 Å². The molecule has 66 valence electrons. The van der Waals surface area contributed by atoms with E-state index in [-0.39, 0.29) is 0 Å². The largest absolute Gasteiger partial charge is 0.231 e. The highest BCUT2D eigenvalue weighted by molar-refractivity contribution is 14.2. The van der Waals surface area contributed by atoms with Crippen LogP contribution < -0.4 is 0 Å². The molecule has 2 nitrogen and oxygen atoms in total. The number of hydrogen-bond donors (Lipinski definition) is 0. The molecule has 12 heavy (non-hydrogen) atoms. The standard InChI is InChI=1S/C8H9IO2S/c1-6-3-7(2)5-8(4-6)12(9,10)11/h3-5H,1-2H3. The first kappa shape index (κ1) is 9.98. The Hall–Kier alpha value is -0.100. The molecule has 0 heterocycles. The monoisotopic (exact) mass is 296 g/mol. The Kier molecular flexibility index (Phi) is 2.77. The Morgan fingerprint density at radius 1 is 1.08 bits per heavy atom. The first-order valence-corrected chi connectivity index (χ1v) is 7.45. The van der Waals surface area contributed by atoms with Gasteiger partial charge in [-0.3, -0.25) is 0 Å². The molecular formula is C8H9IO2S. The van der Waals surface area contributed by atoms with Crippen molar-refractivity contribution < 1.29 is 8.42 Å². The molecule has 0 fully saturated rings. The quantitative estimate of drug-likeness (QED) is 0.589. The van der Waals surface area contributed by atoms with E-state index in [0.717, 1.165) is 11.1 Å². The fourth-order valence-electron chi connectivity index (χ4n) is 1.07. The van der Waals surface area contributed by atoms with Gasteiger partial charge >= 0.3 is 0 Å². The Labute approximate surface area is 84.5 Å². The third-order valence-electron chi connectivity index (χ3n) is 1.48. The fraction of sp³-hybridized carbons (Fsp3) is 0.250. The molecule has 0 saturated carbocycles. The van der Waals surface area contributed by atoms with E-state index in [1.54, 1.807) is 12.1 Å². The molecule has 1 aromatic carbocycles. The van der Waals surface area contributed by atoms with Gasteiger partial charge in [0.25, 0.3) is 0 Å². The van der Waals surface area contributed by atoms with E-state index in [9.17, 15) is 8.42 Å². The Bertz CT molecular complexity index is 375. The summed E-state index contributed by atoms with van der Waals surface area (Å²) >= 11 is 1.45. The molecule has 0 saturated heterocycles. The lowest BCUT2D eigenvalue weighted by Crippen LogP contribution is -1.91. The average Bonchev–Trinajstić information content (AvgIpc) is 1.82. The van der Waals surface area contributed by atoms with E-state index < -0.39 is 7.01 Å². The SMILES string of the molecule is Cc1cc(C)cc(S(=O)(=O)I)c1. The Morgan fingerprint density at radius 2 is 1.50 bits per heavy atom. The first-order valence-electron chi connectivity index (χ1n) is 3.42. The molecule has 0 spiro atoms. The molecule has 0 bridgehead atoms. The maximum atomic E-state index is 11.1. The van der Waals surface area contributed by atoms with Crippen LogP contribution >= 0.6 is 21.2 Å². The summed E-state index contributed by atoms with van der Waals surface area (Å²) in [5.41, 5.74) is 1.95. The van der Waals surface area contributed by atoms with Crippen LogP contribution in [-0.4, -0.2) is 8.42 Å². The highest BCUT2D eigenvalue weighted by Gasteiger charge is 2.08. The van der Waals surface area contributed by atoms with E-state index in [0.29, 0.717) is 4.90 Å². The van der Waals surface area contributed by atoms with E-state index in [4.69, 9.17) is 0 Å². The first-order chi connectivity index (χ1) is 5.39. The van der Waals surface area contributed by atoms with Crippen LogP contribution in [0.3, 0.4) is 0 Å². The lowest BCUT2D eigenvalue weighted by Gasteiger charge is -2.00. The highest BCUT2D eigenvalue weighted by Crippen LogP contribution is 2.19. The molecule has 0 N–H and O–H groups in total. The van der Waals surface area contributed by atoms with Gasteiger partial charge in [-0.1, -0.05) is 6.07 Å². The van der Waals surface area contributed by atoms with Crippen molar-refractivity contribution in [3.63, 3.8) is 0 Å². The number of aryl methyl sites for hydroxylation is 2. The van der Waals surface area contributed by atoms with E-state index in [2.05, 4.69) is 0 Å². The van der Waals surface area contributed by atoms with Crippen molar-refractivity contribution in [3.05, 3.63) is 29.3 Å². The van der Waals surface area contributed by atoms with Crippen LogP contribution in [-0.2, 0) is 7.01 Å². The van der Waals surface area contributed by atoms with Crippen molar-refractivity contribution in [2.24, 2.45) is 0 Å². The van der Waals surface area contributed by atoms with Gasteiger partial charge in [0.05, 0.1) is 26.1 Å². The lowest BCUT2D eigenvalue weighted by molar-refractivity contribution is 0.612. The number of benzene rings is 1. The second-order valence-corrected chi connectivity index (χ2v) is 7.59. The third kappa shape index (κ3) is 2.45. The number of hydrogen-bond acceptors (Lipinski definition) is 2. The molecule has 1 aromatic rings. The van der Waals surface area contributed by atoms with Gasteiger partial charge in [-0.25, -0.2) is 8.42 Å². The minimum absolute atomic E-state index is 0.389. The van der Waals surface area contributed by atoms with Crippen LogP contribution in [0.1, 0.15) is 11.1 Å². The molecule has 0 atom stereocenters. The van der Waals surface area contributed by atoms with Gasteiger partial charge in [0.2, 0.25) is 7.01 Å². The normalized spacial score (nSPS) is 11.6. The van der Waals surface area contributed by atoms with Gasteiger partial charge in [-0.05, 0) is 37.1 Å². The molecule has 0 amide bonds. The molecular weight excluding hydrogens is 287 g/mol. The molecule has 4 heteroatoms. The molecule has 0 unspecified atom stereocenters. The van der Waals surface area contributed by atoms with Crippen LogP contribution in [0.25, 0.3) is 0 Å². The Morgan fingerprint density at radius 3 is 1.83 bits per heavy atom. The zero-order valence-electron chi connectivity index (χ0n) is 6.83. The van der Waals surface area contributed by atoms with E-state index in [1.165, 1.54) is 21.2 Å². The molecule has 0 radical (unpaired) electrons. The molecule has 0 aliphatic carbocycles. The summed E-state index contributed by atoms with van der Waals surface area (Å²) < 4.78 is 22.2. The van der Waals surface area contributed by atoms with Gasteiger partial charge in [-0.2, -0.15) is 0 Å². The summed E-state index contributed by atoms with van der Waals surface area (Å²) in [7, 11) is -3.08. The van der Waals surface area contributed by atoms with Gasteiger partial charge in [-0.15, -0.1) is 0 Å². The summed E-state index contributed by atoms with van der Waals surface area (Å²) in [6, 6.07) is 5.30. The zero-order chi connectivity index (χ0) is 9.35. The van der Waals surface area contributed by atoms with Crippen LogP contribution in [0.4, 0.5) is 0 Å². The summed E-state index contributed by atoms with van der Waals surface area (Å²) in [6.07, 6.45) is 0. The van der Waals surface area contributed by atoms with Crippen LogP contribution in [0.2, 0.25) is 0 Å². The number of halogens is 1. The highest BCUT2D eigenvalue weighted by atomic mass is 127. The molecule has 0 aliphatic heterocycles. The van der Waals surface area contributed by atoms with Crippen molar-refractivity contribution >= 4 is 28.2 Å². The van der Waals surface area contributed by atoms with Crippen LogP contribution in [0.5, 0.6) is 0 Å². The fourth-order valence-corrected chi connectivity index (χ4v) is 2.49. The van der Waals surface area contributed by atoms with Crippen molar-refractivity contribution in [1.29, 1.82) is 0 Å². The predicted octanol–water partition coefficient (Wildman–Crippen LogP) is 2.43. The summed E-state index contributed by atoms with van der Waals surface area (Å²) in [5, 5.41) is 0.